The van der Waals surface area contributed by atoms with Crippen molar-refractivity contribution in [3.8, 4) is 5.75 Å². The fourth-order valence-electron chi connectivity index (χ4n) is 2.83. The minimum atomic E-state index is -0.468. The molecule has 3 aromatic rings. The lowest BCUT2D eigenvalue weighted by Crippen LogP contribution is -2.26. The first-order chi connectivity index (χ1) is 14.0. The third-order valence-electron chi connectivity index (χ3n) is 4.32. The number of rotatable bonds is 7. The maximum atomic E-state index is 12.8. The van der Waals surface area contributed by atoms with Gasteiger partial charge in [0.25, 0.3) is 5.91 Å². The molecule has 0 saturated heterocycles. The highest BCUT2D eigenvalue weighted by Gasteiger charge is 2.19. The number of carbonyl (C=O) groups is 2. The summed E-state index contributed by atoms with van der Waals surface area (Å²) < 4.78 is 16.1. The van der Waals surface area contributed by atoms with E-state index in [1.54, 1.807) is 56.7 Å². The highest BCUT2D eigenvalue weighted by molar-refractivity contribution is 5.94. The molecule has 3 rings (SSSR count). The predicted octanol–water partition coefficient (Wildman–Crippen LogP) is 3.62. The van der Waals surface area contributed by atoms with Gasteiger partial charge in [0.2, 0.25) is 0 Å². The van der Waals surface area contributed by atoms with E-state index in [1.165, 1.54) is 12.0 Å². The van der Waals surface area contributed by atoms with Gasteiger partial charge in [-0.2, -0.15) is 0 Å². The van der Waals surface area contributed by atoms with Gasteiger partial charge in [-0.1, -0.05) is 12.1 Å². The molecule has 0 aliphatic heterocycles. The normalized spacial score (nSPS) is 10.4. The minimum Gasteiger partial charge on any atom is -0.489 e. The number of benzene rings is 1. The molecule has 0 fully saturated rings. The summed E-state index contributed by atoms with van der Waals surface area (Å²) in [6.07, 6.45) is 3.43. The lowest BCUT2D eigenvalue weighted by Gasteiger charge is -2.16. The average molecular weight is 394 g/mol. The second-order valence-electron chi connectivity index (χ2n) is 6.51. The lowest BCUT2D eigenvalue weighted by molar-refractivity contribution is 0.0598. The zero-order chi connectivity index (χ0) is 20.8. The predicted molar refractivity (Wildman–Crippen MR) is 106 cm³/mol. The highest BCUT2D eigenvalue weighted by atomic mass is 16.5. The lowest BCUT2D eigenvalue weighted by atomic mass is 10.2. The Balaban J connectivity index is 1.66. The fourth-order valence-corrected chi connectivity index (χ4v) is 2.83. The van der Waals surface area contributed by atoms with Gasteiger partial charge in [-0.05, 0) is 37.3 Å². The maximum Gasteiger partial charge on any atom is 0.341 e. The van der Waals surface area contributed by atoms with E-state index < -0.39 is 5.97 Å². The zero-order valence-corrected chi connectivity index (χ0v) is 16.5. The van der Waals surface area contributed by atoms with Crippen LogP contribution in [-0.2, 0) is 17.9 Å². The molecule has 0 aliphatic carbocycles. The third kappa shape index (κ3) is 5.01. The van der Waals surface area contributed by atoms with Gasteiger partial charge in [-0.25, -0.2) is 4.79 Å². The Labute approximate surface area is 168 Å². The van der Waals surface area contributed by atoms with Crippen LogP contribution in [0.2, 0.25) is 0 Å². The van der Waals surface area contributed by atoms with Crippen molar-refractivity contribution in [2.45, 2.75) is 20.1 Å². The number of furan rings is 1. The minimum absolute atomic E-state index is 0.189. The first-order valence-electron chi connectivity index (χ1n) is 9.02. The SMILES string of the molecule is COC(=O)c1cc(CN(C)C(=O)c2cccc(OCc3cccnc3)c2)oc1C. The maximum absolute atomic E-state index is 12.8. The van der Waals surface area contributed by atoms with Gasteiger partial charge in [-0.15, -0.1) is 0 Å². The number of hydrogen-bond acceptors (Lipinski definition) is 6. The van der Waals surface area contributed by atoms with Gasteiger partial charge in [0.05, 0.1) is 13.7 Å². The van der Waals surface area contributed by atoms with Gasteiger partial charge in [0.1, 0.15) is 29.4 Å². The van der Waals surface area contributed by atoms with Crippen molar-refractivity contribution >= 4 is 11.9 Å². The Bertz CT molecular complexity index is 997. The number of carbonyl (C=O) groups excluding carboxylic acids is 2. The molecule has 7 heteroatoms. The topological polar surface area (TPSA) is 81.9 Å². The van der Waals surface area contributed by atoms with E-state index >= 15 is 0 Å². The molecular formula is C22H22N2O5. The first kappa shape index (κ1) is 20.1. The molecule has 0 aliphatic rings. The largest absolute Gasteiger partial charge is 0.489 e. The molecule has 0 atom stereocenters. The van der Waals surface area contributed by atoms with E-state index in [0.717, 1.165) is 5.56 Å². The molecule has 0 saturated carbocycles. The van der Waals surface area contributed by atoms with Gasteiger partial charge >= 0.3 is 5.97 Å². The van der Waals surface area contributed by atoms with E-state index in [9.17, 15) is 9.59 Å². The van der Waals surface area contributed by atoms with Gasteiger partial charge in [0, 0.05) is 30.6 Å². The van der Waals surface area contributed by atoms with Crippen LogP contribution in [0.15, 0.2) is 59.3 Å². The summed E-state index contributed by atoms with van der Waals surface area (Å²) in [5.41, 5.74) is 1.79. The molecular weight excluding hydrogens is 372 g/mol. The zero-order valence-electron chi connectivity index (χ0n) is 16.5. The summed E-state index contributed by atoms with van der Waals surface area (Å²) in [7, 11) is 2.98. The molecule has 0 N–H and O–H groups in total. The van der Waals surface area contributed by atoms with Crippen molar-refractivity contribution in [1.29, 1.82) is 0 Å². The number of methoxy groups -OCH3 is 1. The summed E-state index contributed by atoms with van der Waals surface area (Å²) in [5, 5.41) is 0. The van der Waals surface area contributed by atoms with Gasteiger partial charge in [0.15, 0.2) is 0 Å². The smallest absolute Gasteiger partial charge is 0.341 e. The molecule has 0 unspecified atom stereocenters. The Morgan fingerprint density at radius 1 is 1.17 bits per heavy atom. The monoisotopic (exact) mass is 394 g/mol. The number of pyridine rings is 1. The number of esters is 1. The van der Waals surface area contributed by atoms with Crippen molar-refractivity contribution in [1.82, 2.24) is 9.88 Å². The van der Waals surface area contributed by atoms with Crippen molar-refractivity contribution in [3.63, 3.8) is 0 Å². The van der Waals surface area contributed by atoms with Crippen LogP contribution in [0.25, 0.3) is 0 Å². The van der Waals surface area contributed by atoms with Crippen molar-refractivity contribution in [3.05, 3.63) is 83.1 Å². The van der Waals surface area contributed by atoms with Crippen LogP contribution < -0.4 is 4.74 Å². The summed E-state index contributed by atoms with van der Waals surface area (Å²) in [6.45, 7) is 2.27. The molecule has 1 amide bonds. The van der Waals surface area contributed by atoms with Crippen molar-refractivity contribution in [2.75, 3.05) is 14.2 Å². The Morgan fingerprint density at radius 3 is 2.72 bits per heavy atom. The van der Waals surface area contributed by atoms with Crippen molar-refractivity contribution in [2.24, 2.45) is 0 Å². The molecule has 0 spiro atoms. The van der Waals surface area contributed by atoms with E-state index in [2.05, 4.69) is 4.98 Å². The molecule has 0 radical (unpaired) electrons. The average Bonchev–Trinajstić information content (AvgIpc) is 3.12. The Kier molecular flexibility index (Phi) is 6.29. The van der Waals surface area contributed by atoms with Gasteiger partial charge in [-0.3, -0.25) is 9.78 Å². The number of nitrogens with zero attached hydrogens (tertiary/aromatic N) is 2. The summed E-state index contributed by atoms with van der Waals surface area (Å²) in [5.74, 6) is 0.895. The molecule has 1 aromatic carbocycles. The van der Waals surface area contributed by atoms with Crippen LogP contribution in [0.1, 0.15) is 37.8 Å². The molecule has 7 nitrogen and oxygen atoms in total. The van der Waals surface area contributed by atoms with Crippen LogP contribution >= 0.6 is 0 Å². The van der Waals surface area contributed by atoms with Gasteiger partial charge < -0.3 is 18.8 Å². The van der Waals surface area contributed by atoms with E-state index in [-0.39, 0.29) is 12.5 Å². The number of aromatic nitrogens is 1. The number of amides is 1. The summed E-state index contributed by atoms with van der Waals surface area (Å²) >= 11 is 0. The van der Waals surface area contributed by atoms with Crippen LogP contribution in [0.3, 0.4) is 0 Å². The molecule has 0 bridgehead atoms. The standard InChI is InChI=1S/C22H22N2O5/c1-15-20(22(26)27-3)11-19(29-15)13-24(2)21(25)17-7-4-8-18(10-17)28-14-16-6-5-9-23-12-16/h4-12H,13-14H2,1-3H3. The van der Waals surface area contributed by atoms with Crippen LogP contribution in [0, 0.1) is 6.92 Å². The molecule has 2 heterocycles. The van der Waals surface area contributed by atoms with Crippen LogP contribution in [-0.4, -0.2) is 35.9 Å². The highest BCUT2D eigenvalue weighted by Crippen LogP contribution is 2.20. The van der Waals surface area contributed by atoms with E-state index in [4.69, 9.17) is 13.9 Å². The van der Waals surface area contributed by atoms with E-state index in [0.29, 0.717) is 35.0 Å². The molecule has 29 heavy (non-hydrogen) atoms. The Morgan fingerprint density at radius 2 is 2.00 bits per heavy atom. The Hall–Kier alpha value is -3.61. The fraction of sp³-hybridized carbons (Fsp3) is 0.227. The first-order valence-corrected chi connectivity index (χ1v) is 9.02. The second kappa shape index (κ2) is 9.05. The number of ether oxygens (including phenoxy) is 2. The molecule has 2 aromatic heterocycles. The number of hydrogen-bond donors (Lipinski definition) is 0. The third-order valence-corrected chi connectivity index (χ3v) is 4.32. The number of aryl methyl sites for hydroxylation is 1. The quantitative estimate of drug-likeness (QED) is 0.569. The van der Waals surface area contributed by atoms with E-state index in [1.807, 2.05) is 12.1 Å². The van der Waals surface area contributed by atoms with Crippen LogP contribution in [0.5, 0.6) is 5.75 Å². The van der Waals surface area contributed by atoms with Crippen molar-refractivity contribution < 1.29 is 23.5 Å². The summed E-state index contributed by atoms with van der Waals surface area (Å²) in [6, 6.07) is 12.3. The second-order valence-corrected chi connectivity index (χ2v) is 6.51. The molecule has 150 valence electrons. The summed E-state index contributed by atoms with van der Waals surface area (Å²) in [4.78, 5) is 30.1. The van der Waals surface area contributed by atoms with Crippen LogP contribution in [0.4, 0.5) is 0 Å².